The zero-order valence-electron chi connectivity index (χ0n) is 12.9. The maximum atomic E-state index is 12.9. The largest absolute Gasteiger partial charge is 0.361 e. The van der Waals surface area contributed by atoms with Gasteiger partial charge >= 0.3 is 0 Å². The number of hydrogen-bond acceptors (Lipinski definition) is 5. The predicted molar refractivity (Wildman–Crippen MR) is 80.1 cm³/mol. The van der Waals surface area contributed by atoms with Gasteiger partial charge < -0.3 is 15.2 Å². The quantitative estimate of drug-likeness (QED) is 0.876. The van der Waals surface area contributed by atoms with Crippen LogP contribution in [0.3, 0.4) is 0 Å². The SMILES string of the molecule is Cc1noc(C)c1CNC(=O)C1(n2cccn2)CCNCC1. The summed E-state index contributed by atoms with van der Waals surface area (Å²) >= 11 is 0. The summed E-state index contributed by atoms with van der Waals surface area (Å²) in [5, 5.41) is 14.6. The second-order valence-electron chi connectivity index (χ2n) is 5.72. The van der Waals surface area contributed by atoms with E-state index in [0.717, 1.165) is 42.9 Å². The minimum Gasteiger partial charge on any atom is -0.361 e. The number of rotatable bonds is 4. The molecule has 0 bridgehead atoms. The summed E-state index contributed by atoms with van der Waals surface area (Å²) < 4.78 is 6.93. The van der Waals surface area contributed by atoms with E-state index in [1.54, 1.807) is 10.9 Å². The van der Waals surface area contributed by atoms with Gasteiger partial charge in [0.15, 0.2) is 0 Å². The Hall–Kier alpha value is -2.15. The van der Waals surface area contributed by atoms with E-state index in [0.29, 0.717) is 6.54 Å². The first-order valence-corrected chi connectivity index (χ1v) is 7.54. The average Bonchev–Trinajstić information content (AvgIpc) is 3.17. The molecule has 3 rings (SSSR count). The van der Waals surface area contributed by atoms with E-state index in [9.17, 15) is 4.79 Å². The number of piperidine rings is 1. The van der Waals surface area contributed by atoms with Crippen LogP contribution in [0.25, 0.3) is 0 Å². The standard InChI is InChI=1S/C15H21N5O2/c1-11-13(12(2)22-19-11)10-17-14(21)15(4-7-16-8-5-15)20-9-3-6-18-20/h3,6,9,16H,4-5,7-8,10H2,1-2H3,(H,17,21). The smallest absolute Gasteiger partial charge is 0.248 e. The van der Waals surface area contributed by atoms with Crippen molar-refractivity contribution < 1.29 is 9.32 Å². The number of nitrogens with zero attached hydrogens (tertiary/aromatic N) is 3. The molecule has 7 heteroatoms. The molecule has 7 nitrogen and oxygen atoms in total. The minimum atomic E-state index is -0.617. The minimum absolute atomic E-state index is 0.00213. The van der Waals surface area contributed by atoms with Gasteiger partial charge in [-0.1, -0.05) is 5.16 Å². The second-order valence-corrected chi connectivity index (χ2v) is 5.72. The van der Waals surface area contributed by atoms with Crippen molar-refractivity contribution in [1.29, 1.82) is 0 Å². The molecule has 0 atom stereocenters. The average molecular weight is 303 g/mol. The van der Waals surface area contributed by atoms with Crippen LogP contribution in [-0.4, -0.2) is 33.9 Å². The lowest BCUT2D eigenvalue weighted by Gasteiger charge is -2.36. The molecule has 1 fully saturated rings. The summed E-state index contributed by atoms with van der Waals surface area (Å²) in [4.78, 5) is 12.9. The summed E-state index contributed by atoms with van der Waals surface area (Å²) in [6, 6.07) is 1.85. The fourth-order valence-electron chi connectivity index (χ4n) is 3.01. The van der Waals surface area contributed by atoms with Crippen LogP contribution in [0, 0.1) is 13.8 Å². The number of amides is 1. The Labute approximate surface area is 129 Å². The molecule has 0 radical (unpaired) electrons. The van der Waals surface area contributed by atoms with Crippen molar-refractivity contribution >= 4 is 5.91 Å². The fourth-order valence-corrected chi connectivity index (χ4v) is 3.01. The van der Waals surface area contributed by atoms with Crippen LogP contribution in [0.1, 0.15) is 29.9 Å². The summed E-state index contributed by atoms with van der Waals surface area (Å²) in [7, 11) is 0. The molecule has 1 aliphatic heterocycles. The van der Waals surface area contributed by atoms with Crippen molar-refractivity contribution in [2.45, 2.75) is 38.8 Å². The molecule has 1 saturated heterocycles. The molecule has 0 unspecified atom stereocenters. The van der Waals surface area contributed by atoms with Gasteiger partial charge in [0, 0.05) is 24.5 Å². The van der Waals surface area contributed by atoms with Gasteiger partial charge in [-0.25, -0.2) is 0 Å². The third-order valence-corrected chi connectivity index (χ3v) is 4.40. The van der Waals surface area contributed by atoms with Gasteiger partial charge in [0.05, 0.1) is 5.69 Å². The van der Waals surface area contributed by atoms with Gasteiger partial charge in [-0.2, -0.15) is 5.10 Å². The van der Waals surface area contributed by atoms with Crippen LogP contribution in [0.15, 0.2) is 23.0 Å². The Morgan fingerprint density at radius 3 is 2.82 bits per heavy atom. The molecule has 0 saturated carbocycles. The van der Waals surface area contributed by atoms with Crippen LogP contribution >= 0.6 is 0 Å². The van der Waals surface area contributed by atoms with E-state index in [-0.39, 0.29) is 5.91 Å². The fraction of sp³-hybridized carbons (Fsp3) is 0.533. The highest BCUT2D eigenvalue weighted by atomic mass is 16.5. The summed E-state index contributed by atoms with van der Waals surface area (Å²) in [5.74, 6) is 0.744. The van der Waals surface area contributed by atoms with Crippen LogP contribution < -0.4 is 10.6 Å². The first-order valence-electron chi connectivity index (χ1n) is 7.54. The Morgan fingerprint density at radius 2 is 2.23 bits per heavy atom. The Bertz CT molecular complexity index is 621. The van der Waals surface area contributed by atoms with E-state index in [1.807, 2.05) is 26.1 Å². The van der Waals surface area contributed by atoms with Crippen molar-refractivity contribution in [3.8, 4) is 0 Å². The van der Waals surface area contributed by atoms with Crippen LogP contribution in [0.5, 0.6) is 0 Å². The second kappa shape index (κ2) is 5.92. The molecular weight excluding hydrogens is 282 g/mol. The van der Waals surface area contributed by atoms with Gasteiger partial charge in [0.2, 0.25) is 5.91 Å². The molecule has 0 aromatic carbocycles. The lowest BCUT2D eigenvalue weighted by molar-refractivity contribution is -0.132. The molecule has 3 heterocycles. The zero-order valence-corrected chi connectivity index (χ0v) is 12.9. The van der Waals surface area contributed by atoms with Crippen LogP contribution in [-0.2, 0) is 16.9 Å². The van der Waals surface area contributed by atoms with E-state index >= 15 is 0 Å². The third kappa shape index (κ3) is 2.52. The Balaban J connectivity index is 1.78. The van der Waals surface area contributed by atoms with Gasteiger partial charge in [0.1, 0.15) is 11.3 Å². The monoisotopic (exact) mass is 303 g/mol. The molecule has 1 aliphatic rings. The van der Waals surface area contributed by atoms with Crippen LogP contribution in [0.2, 0.25) is 0 Å². The Kier molecular flexibility index (Phi) is 3.98. The topological polar surface area (TPSA) is 85.0 Å². The molecule has 0 spiro atoms. The molecular formula is C15H21N5O2. The molecule has 118 valence electrons. The number of nitrogens with one attached hydrogen (secondary N) is 2. The summed E-state index contributed by atoms with van der Waals surface area (Å²) in [6.45, 7) is 5.77. The highest BCUT2D eigenvalue weighted by Gasteiger charge is 2.41. The van der Waals surface area contributed by atoms with Crippen molar-refractivity contribution in [2.75, 3.05) is 13.1 Å². The van der Waals surface area contributed by atoms with Crippen molar-refractivity contribution in [1.82, 2.24) is 25.6 Å². The highest BCUT2D eigenvalue weighted by Crippen LogP contribution is 2.27. The first-order chi connectivity index (χ1) is 10.6. The maximum Gasteiger partial charge on any atom is 0.248 e. The van der Waals surface area contributed by atoms with Gasteiger partial charge in [-0.15, -0.1) is 0 Å². The van der Waals surface area contributed by atoms with Gasteiger partial charge in [-0.05, 0) is 45.8 Å². The first kappa shape index (κ1) is 14.8. The van der Waals surface area contributed by atoms with Gasteiger partial charge in [0.25, 0.3) is 0 Å². The Morgan fingerprint density at radius 1 is 1.45 bits per heavy atom. The van der Waals surface area contributed by atoms with Crippen molar-refractivity contribution in [3.63, 3.8) is 0 Å². The molecule has 2 N–H and O–H groups in total. The number of carbonyl (C=O) groups is 1. The summed E-state index contributed by atoms with van der Waals surface area (Å²) in [6.07, 6.45) is 5.02. The molecule has 1 amide bonds. The predicted octanol–water partition coefficient (Wildman–Crippen LogP) is 0.883. The molecule has 22 heavy (non-hydrogen) atoms. The maximum absolute atomic E-state index is 12.9. The van der Waals surface area contributed by atoms with E-state index in [4.69, 9.17) is 4.52 Å². The molecule has 2 aromatic heterocycles. The van der Waals surface area contributed by atoms with Crippen molar-refractivity contribution in [2.24, 2.45) is 0 Å². The van der Waals surface area contributed by atoms with Crippen LogP contribution in [0.4, 0.5) is 0 Å². The molecule has 2 aromatic rings. The zero-order chi connectivity index (χ0) is 15.6. The lowest BCUT2D eigenvalue weighted by Crippen LogP contribution is -2.54. The lowest BCUT2D eigenvalue weighted by atomic mass is 9.87. The van der Waals surface area contributed by atoms with Crippen molar-refractivity contribution in [3.05, 3.63) is 35.5 Å². The number of aromatic nitrogens is 3. The normalized spacial score (nSPS) is 17.4. The number of aryl methyl sites for hydroxylation is 2. The van der Waals surface area contributed by atoms with E-state index in [2.05, 4.69) is 20.9 Å². The molecule has 0 aliphatic carbocycles. The summed E-state index contributed by atoms with van der Waals surface area (Å²) in [5.41, 5.74) is 1.14. The van der Waals surface area contributed by atoms with E-state index in [1.165, 1.54) is 0 Å². The van der Waals surface area contributed by atoms with E-state index < -0.39 is 5.54 Å². The number of hydrogen-bond donors (Lipinski definition) is 2. The van der Waals surface area contributed by atoms with Gasteiger partial charge in [-0.3, -0.25) is 9.48 Å². The highest BCUT2D eigenvalue weighted by molar-refractivity contribution is 5.84. The third-order valence-electron chi connectivity index (χ3n) is 4.40. The number of carbonyl (C=O) groups excluding carboxylic acids is 1.